The SMILES string of the molecule is O=C(NCC1CCC(Br)CC1)c1ccc2ncccc2c1. The van der Waals surface area contributed by atoms with Crippen LogP contribution in [0.2, 0.25) is 0 Å². The van der Waals surface area contributed by atoms with Crippen LogP contribution < -0.4 is 5.32 Å². The summed E-state index contributed by atoms with van der Waals surface area (Å²) in [5.74, 6) is 0.631. The van der Waals surface area contributed by atoms with E-state index in [1.165, 1.54) is 25.7 Å². The van der Waals surface area contributed by atoms with Crippen LogP contribution in [0.3, 0.4) is 0 Å². The summed E-state index contributed by atoms with van der Waals surface area (Å²) in [6.07, 6.45) is 6.57. The summed E-state index contributed by atoms with van der Waals surface area (Å²) in [4.78, 5) is 17.2. The molecule has 21 heavy (non-hydrogen) atoms. The third-order valence-corrected chi connectivity index (χ3v) is 5.11. The lowest BCUT2D eigenvalue weighted by atomic mass is 9.89. The minimum atomic E-state index is 0.0155. The highest BCUT2D eigenvalue weighted by atomic mass is 79.9. The Morgan fingerprint density at radius 1 is 1.24 bits per heavy atom. The maximum absolute atomic E-state index is 12.3. The van der Waals surface area contributed by atoms with Gasteiger partial charge in [0, 0.05) is 28.5 Å². The van der Waals surface area contributed by atoms with Gasteiger partial charge in [-0.05, 0) is 55.9 Å². The molecular weight excluding hydrogens is 328 g/mol. The van der Waals surface area contributed by atoms with Crippen LogP contribution in [0.4, 0.5) is 0 Å². The first-order valence-electron chi connectivity index (χ1n) is 7.49. The Morgan fingerprint density at radius 3 is 2.86 bits per heavy atom. The Kier molecular flexibility index (Phi) is 4.54. The maximum Gasteiger partial charge on any atom is 0.251 e. The molecule has 0 bridgehead atoms. The topological polar surface area (TPSA) is 42.0 Å². The maximum atomic E-state index is 12.3. The van der Waals surface area contributed by atoms with Crippen molar-refractivity contribution in [1.29, 1.82) is 0 Å². The Labute approximate surface area is 133 Å². The van der Waals surface area contributed by atoms with Gasteiger partial charge in [0.15, 0.2) is 0 Å². The Morgan fingerprint density at radius 2 is 2.05 bits per heavy atom. The summed E-state index contributed by atoms with van der Waals surface area (Å²) in [5, 5.41) is 4.08. The van der Waals surface area contributed by atoms with Gasteiger partial charge in [-0.15, -0.1) is 0 Å². The highest BCUT2D eigenvalue weighted by Gasteiger charge is 2.19. The van der Waals surface area contributed by atoms with E-state index in [0.29, 0.717) is 16.3 Å². The molecule has 1 aromatic carbocycles. The molecule has 1 aliphatic carbocycles. The molecule has 0 unspecified atom stereocenters. The van der Waals surface area contributed by atoms with Crippen molar-refractivity contribution < 1.29 is 4.79 Å². The summed E-state index contributed by atoms with van der Waals surface area (Å²) in [7, 11) is 0. The van der Waals surface area contributed by atoms with Gasteiger partial charge in [-0.25, -0.2) is 0 Å². The molecule has 1 saturated carbocycles. The molecule has 1 aromatic heterocycles. The molecule has 1 aliphatic rings. The summed E-state index contributed by atoms with van der Waals surface area (Å²) in [6.45, 7) is 0.781. The van der Waals surface area contributed by atoms with Gasteiger partial charge in [0.1, 0.15) is 0 Å². The molecule has 3 nitrogen and oxygen atoms in total. The van der Waals surface area contributed by atoms with E-state index in [1.54, 1.807) is 6.20 Å². The smallest absolute Gasteiger partial charge is 0.251 e. The van der Waals surface area contributed by atoms with Crippen LogP contribution in [-0.4, -0.2) is 22.3 Å². The molecule has 1 heterocycles. The lowest BCUT2D eigenvalue weighted by molar-refractivity contribution is 0.0944. The fraction of sp³-hybridized carbons (Fsp3) is 0.412. The van der Waals surface area contributed by atoms with E-state index in [0.717, 1.165) is 17.4 Å². The quantitative estimate of drug-likeness (QED) is 0.855. The van der Waals surface area contributed by atoms with Crippen LogP contribution in [0.25, 0.3) is 10.9 Å². The lowest BCUT2D eigenvalue weighted by Crippen LogP contribution is -2.31. The number of aromatic nitrogens is 1. The molecule has 1 fully saturated rings. The molecule has 110 valence electrons. The number of halogens is 1. The highest BCUT2D eigenvalue weighted by molar-refractivity contribution is 9.09. The van der Waals surface area contributed by atoms with E-state index < -0.39 is 0 Å². The number of alkyl halides is 1. The van der Waals surface area contributed by atoms with Gasteiger partial charge in [-0.3, -0.25) is 9.78 Å². The molecule has 1 amide bonds. The van der Waals surface area contributed by atoms with Crippen LogP contribution in [0, 0.1) is 5.92 Å². The average Bonchev–Trinajstić information content (AvgIpc) is 2.53. The zero-order chi connectivity index (χ0) is 14.7. The number of hydrogen-bond acceptors (Lipinski definition) is 2. The van der Waals surface area contributed by atoms with E-state index >= 15 is 0 Å². The molecule has 0 spiro atoms. The third kappa shape index (κ3) is 3.62. The molecule has 0 saturated heterocycles. The van der Waals surface area contributed by atoms with Gasteiger partial charge >= 0.3 is 0 Å². The van der Waals surface area contributed by atoms with Crippen molar-refractivity contribution in [1.82, 2.24) is 10.3 Å². The van der Waals surface area contributed by atoms with Gasteiger partial charge in [0.05, 0.1) is 5.52 Å². The van der Waals surface area contributed by atoms with E-state index in [2.05, 4.69) is 26.2 Å². The van der Waals surface area contributed by atoms with Crippen LogP contribution in [0.15, 0.2) is 36.5 Å². The number of amides is 1. The van der Waals surface area contributed by atoms with Gasteiger partial charge in [0.25, 0.3) is 5.91 Å². The minimum absolute atomic E-state index is 0.0155. The van der Waals surface area contributed by atoms with Crippen molar-refractivity contribution in [2.45, 2.75) is 30.5 Å². The van der Waals surface area contributed by atoms with Crippen molar-refractivity contribution in [3.8, 4) is 0 Å². The number of pyridine rings is 1. The van der Waals surface area contributed by atoms with Crippen LogP contribution in [0.5, 0.6) is 0 Å². The van der Waals surface area contributed by atoms with Crippen molar-refractivity contribution in [3.05, 3.63) is 42.1 Å². The first-order valence-corrected chi connectivity index (χ1v) is 8.41. The van der Waals surface area contributed by atoms with Gasteiger partial charge in [0.2, 0.25) is 0 Å². The fourth-order valence-corrected chi connectivity index (χ4v) is 3.41. The average molecular weight is 347 g/mol. The number of benzene rings is 1. The Balaban J connectivity index is 1.61. The minimum Gasteiger partial charge on any atom is -0.352 e. The predicted octanol–water partition coefficient (Wildman–Crippen LogP) is 3.92. The van der Waals surface area contributed by atoms with E-state index in [1.807, 2.05) is 30.3 Å². The molecular formula is C17H19BrN2O. The second-order valence-electron chi connectivity index (χ2n) is 5.74. The van der Waals surface area contributed by atoms with E-state index in [4.69, 9.17) is 0 Å². The van der Waals surface area contributed by atoms with Crippen molar-refractivity contribution in [3.63, 3.8) is 0 Å². The van der Waals surface area contributed by atoms with Crippen molar-refractivity contribution >= 4 is 32.7 Å². The molecule has 0 radical (unpaired) electrons. The lowest BCUT2D eigenvalue weighted by Gasteiger charge is -2.25. The number of nitrogens with zero attached hydrogens (tertiary/aromatic N) is 1. The van der Waals surface area contributed by atoms with E-state index in [9.17, 15) is 4.79 Å². The molecule has 4 heteroatoms. The van der Waals surface area contributed by atoms with Gasteiger partial charge in [-0.2, -0.15) is 0 Å². The number of nitrogens with one attached hydrogen (secondary N) is 1. The third-order valence-electron chi connectivity index (χ3n) is 4.19. The molecule has 0 aliphatic heterocycles. The van der Waals surface area contributed by atoms with Crippen LogP contribution in [-0.2, 0) is 0 Å². The van der Waals surface area contributed by atoms with E-state index in [-0.39, 0.29) is 5.91 Å². The summed E-state index contributed by atoms with van der Waals surface area (Å²) >= 11 is 3.66. The second kappa shape index (κ2) is 6.56. The normalized spacial score (nSPS) is 22.1. The fourth-order valence-electron chi connectivity index (χ4n) is 2.88. The molecule has 1 N–H and O–H groups in total. The molecule has 2 aromatic rings. The molecule has 0 atom stereocenters. The number of fused-ring (bicyclic) bond motifs is 1. The van der Waals surface area contributed by atoms with Crippen LogP contribution in [0.1, 0.15) is 36.0 Å². The number of carbonyl (C=O) groups excluding carboxylic acids is 1. The first-order chi connectivity index (χ1) is 10.2. The Bertz CT molecular complexity index is 635. The first kappa shape index (κ1) is 14.5. The summed E-state index contributed by atoms with van der Waals surface area (Å²) < 4.78 is 0. The van der Waals surface area contributed by atoms with Crippen LogP contribution >= 0.6 is 15.9 Å². The van der Waals surface area contributed by atoms with Crippen molar-refractivity contribution in [2.75, 3.05) is 6.54 Å². The van der Waals surface area contributed by atoms with Gasteiger partial charge < -0.3 is 5.32 Å². The number of hydrogen-bond donors (Lipinski definition) is 1. The monoisotopic (exact) mass is 346 g/mol. The number of rotatable bonds is 3. The van der Waals surface area contributed by atoms with Gasteiger partial charge in [-0.1, -0.05) is 22.0 Å². The second-order valence-corrected chi connectivity index (χ2v) is 7.03. The van der Waals surface area contributed by atoms with Crippen molar-refractivity contribution in [2.24, 2.45) is 5.92 Å². The summed E-state index contributed by atoms with van der Waals surface area (Å²) in [5.41, 5.74) is 1.63. The predicted molar refractivity (Wildman–Crippen MR) is 88.7 cm³/mol. The molecule has 3 rings (SSSR count). The zero-order valence-electron chi connectivity index (χ0n) is 11.9. The highest BCUT2D eigenvalue weighted by Crippen LogP contribution is 2.28. The summed E-state index contributed by atoms with van der Waals surface area (Å²) in [6, 6.07) is 9.53. The zero-order valence-corrected chi connectivity index (χ0v) is 13.5. The number of carbonyl (C=O) groups is 1. The Hall–Kier alpha value is -1.42. The standard InChI is InChI=1S/C17H19BrN2O/c18-15-6-3-12(4-7-15)11-20-17(21)14-5-8-16-13(10-14)2-1-9-19-16/h1-2,5,8-10,12,15H,3-4,6-7,11H2,(H,20,21). The largest absolute Gasteiger partial charge is 0.352 e.